The topological polar surface area (TPSA) is 12.0 Å². The van der Waals surface area contributed by atoms with Crippen LogP contribution in [0.5, 0.6) is 0 Å². The van der Waals surface area contributed by atoms with Gasteiger partial charge in [0.1, 0.15) is 5.82 Å². The molecular formula is C16H23ClFN. The molecule has 2 rings (SSSR count). The van der Waals surface area contributed by atoms with Crippen LogP contribution < -0.4 is 5.32 Å². The van der Waals surface area contributed by atoms with Crippen molar-refractivity contribution in [3.8, 4) is 0 Å². The predicted octanol–water partition coefficient (Wildman–Crippen LogP) is 4.93. The highest BCUT2D eigenvalue weighted by Crippen LogP contribution is 2.28. The van der Waals surface area contributed by atoms with Crippen molar-refractivity contribution in [2.75, 3.05) is 0 Å². The van der Waals surface area contributed by atoms with Gasteiger partial charge in [-0.1, -0.05) is 49.9 Å². The minimum atomic E-state index is -0.327. The molecule has 0 amide bonds. The molecule has 0 spiro atoms. The van der Waals surface area contributed by atoms with Crippen molar-refractivity contribution >= 4 is 11.6 Å². The SMILES string of the molecule is CCC(NCc1cccc(F)c1Cl)C1CCCCC1. The molecule has 0 aliphatic heterocycles. The summed E-state index contributed by atoms with van der Waals surface area (Å²) in [5.74, 6) is 0.442. The highest BCUT2D eigenvalue weighted by molar-refractivity contribution is 6.31. The third-order valence-electron chi connectivity index (χ3n) is 4.24. The molecule has 1 nitrogen and oxygen atoms in total. The highest BCUT2D eigenvalue weighted by atomic mass is 35.5. The molecule has 1 aliphatic rings. The Labute approximate surface area is 120 Å². The van der Waals surface area contributed by atoms with Gasteiger partial charge in [-0.2, -0.15) is 0 Å². The smallest absolute Gasteiger partial charge is 0.142 e. The fraction of sp³-hybridized carbons (Fsp3) is 0.625. The lowest BCUT2D eigenvalue weighted by atomic mass is 9.83. The Kier molecular flexibility index (Phi) is 5.65. The van der Waals surface area contributed by atoms with Crippen molar-refractivity contribution in [1.29, 1.82) is 0 Å². The van der Waals surface area contributed by atoms with Gasteiger partial charge in [-0.25, -0.2) is 4.39 Å². The molecule has 1 fully saturated rings. The Morgan fingerprint density at radius 3 is 2.74 bits per heavy atom. The Morgan fingerprint density at radius 2 is 2.05 bits per heavy atom. The molecule has 0 bridgehead atoms. The third-order valence-corrected chi connectivity index (χ3v) is 4.67. The van der Waals surface area contributed by atoms with Crippen molar-refractivity contribution in [3.63, 3.8) is 0 Å². The molecule has 0 radical (unpaired) electrons. The zero-order chi connectivity index (χ0) is 13.7. The van der Waals surface area contributed by atoms with Gasteiger partial charge < -0.3 is 5.32 Å². The summed E-state index contributed by atoms with van der Waals surface area (Å²) in [5, 5.41) is 3.83. The van der Waals surface area contributed by atoms with Crippen LogP contribution in [0.15, 0.2) is 18.2 Å². The molecule has 1 unspecified atom stereocenters. The minimum Gasteiger partial charge on any atom is -0.310 e. The van der Waals surface area contributed by atoms with E-state index in [1.807, 2.05) is 6.07 Å². The highest BCUT2D eigenvalue weighted by Gasteiger charge is 2.22. The maximum absolute atomic E-state index is 13.4. The number of benzene rings is 1. The van der Waals surface area contributed by atoms with Gasteiger partial charge in [0.15, 0.2) is 0 Å². The van der Waals surface area contributed by atoms with Gasteiger partial charge in [0, 0.05) is 12.6 Å². The summed E-state index contributed by atoms with van der Waals surface area (Å²) < 4.78 is 13.4. The first-order chi connectivity index (χ1) is 9.22. The molecule has 1 aromatic rings. The molecule has 0 heterocycles. The normalized spacial score (nSPS) is 18.5. The molecule has 1 aromatic carbocycles. The Hall–Kier alpha value is -0.600. The van der Waals surface area contributed by atoms with E-state index < -0.39 is 0 Å². The second-order valence-corrected chi connectivity index (χ2v) is 5.88. The van der Waals surface area contributed by atoms with Crippen LogP contribution in [0, 0.1) is 11.7 Å². The zero-order valence-electron chi connectivity index (χ0n) is 11.6. The molecule has 106 valence electrons. The van der Waals surface area contributed by atoms with E-state index in [0.29, 0.717) is 12.6 Å². The van der Waals surface area contributed by atoms with E-state index in [0.717, 1.165) is 17.9 Å². The monoisotopic (exact) mass is 283 g/mol. The summed E-state index contributed by atoms with van der Waals surface area (Å²) in [4.78, 5) is 0. The lowest BCUT2D eigenvalue weighted by Gasteiger charge is -2.30. The van der Waals surface area contributed by atoms with E-state index in [4.69, 9.17) is 11.6 Å². The van der Waals surface area contributed by atoms with E-state index >= 15 is 0 Å². The van der Waals surface area contributed by atoms with E-state index in [-0.39, 0.29) is 10.8 Å². The molecule has 1 aliphatic carbocycles. The van der Waals surface area contributed by atoms with Crippen LogP contribution in [0.2, 0.25) is 5.02 Å². The standard InChI is InChI=1S/C16H23ClFN/c1-2-15(12-7-4-3-5-8-12)19-11-13-9-6-10-14(18)16(13)17/h6,9-10,12,15,19H,2-5,7-8,11H2,1H3. The number of rotatable bonds is 5. The first-order valence-electron chi connectivity index (χ1n) is 7.38. The molecule has 19 heavy (non-hydrogen) atoms. The molecule has 1 N–H and O–H groups in total. The molecule has 0 aromatic heterocycles. The number of hydrogen-bond acceptors (Lipinski definition) is 1. The number of hydrogen-bond donors (Lipinski definition) is 1. The Morgan fingerprint density at radius 1 is 1.32 bits per heavy atom. The lowest BCUT2D eigenvalue weighted by Crippen LogP contribution is -2.36. The second kappa shape index (κ2) is 7.25. The van der Waals surface area contributed by atoms with Crippen molar-refractivity contribution in [3.05, 3.63) is 34.6 Å². The third kappa shape index (κ3) is 3.93. The summed E-state index contributed by atoms with van der Waals surface area (Å²) in [6.07, 6.45) is 7.85. The van der Waals surface area contributed by atoms with Gasteiger partial charge >= 0.3 is 0 Å². The molecule has 1 atom stereocenters. The van der Waals surface area contributed by atoms with Gasteiger partial charge in [-0.3, -0.25) is 0 Å². The van der Waals surface area contributed by atoms with Crippen LogP contribution >= 0.6 is 11.6 Å². The van der Waals surface area contributed by atoms with Crippen LogP contribution in [0.25, 0.3) is 0 Å². The summed E-state index contributed by atoms with van der Waals surface area (Å²) in [5.41, 5.74) is 0.857. The average Bonchev–Trinajstić information content (AvgIpc) is 2.45. The van der Waals surface area contributed by atoms with E-state index in [2.05, 4.69) is 12.2 Å². The van der Waals surface area contributed by atoms with Crippen molar-refractivity contribution < 1.29 is 4.39 Å². The summed E-state index contributed by atoms with van der Waals surface area (Å²) >= 11 is 5.99. The molecule has 1 saturated carbocycles. The quantitative estimate of drug-likeness (QED) is 0.808. The maximum Gasteiger partial charge on any atom is 0.142 e. The fourth-order valence-corrected chi connectivity index (χ4v) is 3.30. The van der Waals surface area contributed by atoms with Crippen molar-refractivity contribution in [2.24, 2.45) is 5.92 Å². The van der Waals surface area contributed by atoms with E-state index in [1.54, 1.807) is 6.07 Å². The van der Waals surface area contributed by atoms with Gasteiger partial charge in [0.2, 0.25) is 0 Å². The first kappa shape index (κ1) is 14.8. The van der Waals surface area contributed by atoms with Gasteiger partial charge in [-0.15, -0.1) is 0 Å². The predicted molar refractivity (Wildman–Crippen MR) is 78.9 cm³/mol. The summed E-state index contributed by atoms with van der Waals surface area (Å²) in [6.45, 7) is 2.88. The first-order valence-corrected chi connectivity index (χ1v) is 7.76. The fourth-order valence-electron chi connectivity index (χ4n) is 3.11. The lowest BCUT2D eigenvalue weighted by molar-refractivity contribution is 0.261. The Bertz CT molecular complexity index is 402. The minimum absolute atomic E-state index is 0.258. The molecule has 3 heteroatoms. The van der Waals surface area contributed by atoms with Crippen molar-refractivity contribution in [1.82, 2.24) is 5.32 Å². The molecule has 0 saturated heterocycles. The van der Waals surface area contributed by atoms with E-state index in [9.17, 15) is 4.39 Å². The Balaban J connectivity index is 1.93. The van der Waals surface area contributed by atoms with Crippen LogP contribution in [-0.4, -0.2) is 6.04 Å². The molecular weight excluding hydrogens is 261 g/mol. The second-order valence-electron chi connectivity index (χ2n) is 5.51. The number of halogens is 2. The maximum atomic E-state index is 13.4. The van der Waals surface area contributed by atoms with Crippen molar-refractivity contribution in [2.45, 2.75) is 58.0 Å². The van der Waals surface area contributed by atoms with E-state index in [1.165, 1.54) is 38.2 Å². The number of nitrogens with one attached hydrogen (secondary N) is 1. The largest absolute Gasteiger partial charge is 0.310 e. The van der Waals surface area contributed by atoms with Crippen LogP contribution in [0.3, 0.4) is 0 Å². The van der Waals surface area contributed by atoms with Crippen LogP contribution in [0.4, 0.5) is 4.39 Å². The van der Waals surface area contributed by atoms with Crippen LogP contribution in [0.1, 0.15) is 51.0 Å². The average molecular weight is 284 g/mol. The van der Waals surface area contributed by atoms with Gasteiger partial charge in [0.05, 0.1) is 5.02 Å². The zero-order valence-corrected chi connectivity index (χ0v) is 12.3. The van der Waals surface area contributed by atoms with Gasteiger partial charge in [-0.05, 0) is 36.8 Å². The summed E-state index contributed by atoms with van der Waals surface area (Å²) in [6, 6.07) is 5.55. The van der Waals surface area contributed by atoms with Crippen LogP contribution in [-0.2, 0) is 6.54 Å². The van der Waals surface area contributed by atoms with Gasteiger partial charge in [0.25, 0.3) is 0 Å². The summed E-state index contributed by atoms with van der Waals surface area (Å²) in [7, 11) is 0.